The maximum Gasteiger partial charge on any atom is 0.252 e. The molecule has 5 heteroatoms. The van der Waals surface area contributed by atoms with Gasteiger partial charge in [-0.15, -0.1) is 0 Å². The molecule has 0 radical (unpaired) electrons. The molecule has 0 saturated heterocycles. The second-order valence-electron chi connectivity index (χ2n) is 7.08. The van der Waals surface area contributed by atoms with Crippen molar-refractivity contribution >= 4 is 22.7 Å². The lowest BCUT2D eigenvalue weighted by atomic mass is 9.94. The van der Waals surface area contributed by atoms with Crippen LogP contribution >= 0.6 is 0 Å². The third-order valence-corrected chi connectivity index (χ3v) is 4.91. The summed E-state index contributed by atoms with van der Waals surface area (Å²) in [6, 6.07) is 20.3. The summed E-state index contributed by atoms with van der Waals surface area (Å²) in [4.78, 5) is 33.6. The van der Waals surface area contributed by atoms with Gasteiger partial charge in [0.25, 0.3) is 5.91 Å². The van der Waals surface area contributed by atoms with Crippen LogP contribution in [-0.4, -0.2) is 21.7 Å². The molecule has 1 amide bonds. The largest absolute Gasteiger partial charge is 0.345 e. The lowest BCUT2D eigenvalue weighted by Gasteiger charge is -2.11. The summed E-state index contributed by atoms with van der Waals surface area (Å²) in [5.74, 6) is 0.207. The van der Waals surface area contributed by atoms with Crippen LogP contribution in [0.5, 0.6) is 0 Å². The van der Waals surface area contributed by atoms with Gasteiger partial charge in [0, 0.05) is 11.1 Å². The first-order chi connectivity index (χ1) is 14.0. The molecular weight excluding hydrogens is 362 g/mol. The van der Waals surface area contributed by atoms with E-state index in [1.54, 1.807) is 24.3 Å². The molecule has 0 saturated carbocycles. The lowest BCUT2D eigenvalue weighted by molar-refractivity contribution is 0.0939. The quantitative estimate of drug-likeness (QED) is 0.504. The highest BCUT2D eigenvalue weighted by atomic mass is 16.2. The van der Waals surface area contributed by atoms with Crippen LogP contribution in [0.1, 0.15) is 43.2 Å². The molecule has 0 aliphatic heterocycles. The smallest absolute Gasteiger partial charge is 0.252 e. The van der Waals surface area contributed by atoms with Crippen molar-refractivity contribution in [2.24, 2.45) is 0 Å². The molecule has 29 heavy (non-hydrogen) atoms. The van der Waals surface area contributed by atoms with Gasteiger partial charge in [0.1, 0.15) is 5.82 Å². The molecule has 5 nitrogen and oxygen atoms in total. The number of H-pyrrole nitrogens is 1. The van der Waals surface area contributed by atoms with E-state index in [-0.39, 0.29) is 18.2 Å². The molecule has 0 fully saturated rings. The number of benzene rings is 3. The van der Waals surface area contributed by atoms with Gasteiger partial charge in [-0.2, -0.15) is 0 Å². The number of aromatic amines is 1. The van der Waals surface area contributed by atoms with Gasteiger partial charge >= 0.3 is 0 Å². The number of aromatic nitrogens is 2. The molecule has 0 unspecified atom stereocenters. The zero-order valence-electron chi connectivity index (χ0n) is 16.3. The Morgan fingerprint density at radius 1 is 0.897 bits per heavy atom. The van der Waals surface area contributed by atoms with Gasteiger partial charge in [0.2, 0.25) is 0 Å². The van der Waals surface area contributed by atoms with Crippen molar-refractivity contribution in [3.8, 4) is 0 Å². The Morgan fingerprint density at radius 3 is 2.41 bits per heavy atom. The van der Waals surface area contributed by atoms with Crippen LogP contribution < -0.4 is 5.32 Å². The molecule has 3 aromatic carbocycles. The van der Waals surface area contributed by atoms with Crippen molar-refractivity contribution in [3.63, 3.8) is 0 Å². The zero-order chi connectivity index (χ0) is 20.4. The average molecular weight is 383 g/mol. The predicted molar refractivity (Wildman–Crippen MR) is 113 cm³/mol. The van der Waals surface area contributed by atoms with E-state index in [4.69, 9.17) is 0 Å². The number of carbonyl (C=O) groups is 2. The molecule has 0 aliphatic rings. The van der Waals surface area contributed by atoms with Crippen LogP contribution in [0.3, 0.4) is 0 Å². The number of amides is 1. The first-order valence-corrected chi connectivity index (χ1v) is 9.46. The van der Waals surface area contributed by atoms with Gasteiger partial charge in [-0.25, -0.2) is 4.98 Å². The lowest BCUT2D eigenvalue weighted by Crippen LogP contribution is -2.25. The van der Waals surface area contributed by atoms with E-state index in [1.165, 1.54) is 0 Å². The fourth-order valence-corrected chi connectivity index (χ4v) is 3.35. The molecule has 2 N–H and O–H groups in total. The van der Waals surface area contributed by atoms with E-state index in [0.29, 0.717) is 22.5 Å². The third-order valence-electron chi connectivity index (χ3n) is 4.91. The van der Waals surface area contributed by atoms with Crippen LogP contribution in [0.25, 0.3) is 11.0 Å². The van der Waals surface area contributed by atoms with Crippen LogP contribution in [0.4, 0.5) is 0 Å². The molecule has 1 aromatic heterocycles. The second kappa shape index (κ2) is 7.72. The number of para-hydroxylation sites is 2. The fraction of sp³-hybridized carbons (Fsp3) is 0.125. The molecule has 1 heterocycles. The maximum absolute atomic E-state index is 13.1. The summed E-state index contributed by atoms with van der Waals surface area (Å²) in [6.07, 6.45) is 0. The summed E-state index contributed by atoms with van der Waals surface area (Å²) < 4.78 is 0. The highest BCUT2D eigenvalue weighted by Gasteiger charge is 2.19. The number of ketones is 1. The van der Waals surface area contributed by atoms with Gasteiger partial charge in [-0.05, 0) is 43.7 Å². The number of rotatable bonds is 5. The van der Waals surface area contributed by atoms with E-state index in [2.05, 4.69) is 15.3 Å². The minimum absolute atomic E-state index is 0.152. The maximum atomic E-state index is 13.1. The number of aryl methyl sites for hydroxylation is 2. The molecule has 4 rings (SSSR count). The molecular formula is C24H21N3O2. The normalized spacial score (nSPS) is 10.8. The first kappa shape index (κ1) is 18.6. The number of fused-ring (bicyclic) bond motifs is 1. The topological polar surface area (TPSA) is 74.8 Å². The monoisotopic (exact) mass is 383 g/mol. The number of nitrogens with one attached hydrogen (secondary N) is 2. The molecule has 4 aromatic rings. The van der Waals surface area contributed by atoms with Gasteiger partial charge in [-0.3, -0.25) is 9.59 Å². The Morgan fingerprint density at radius 2 is 1.62 bits per heavy atom. The number of nitrogens with zero attached hydrogens (tertiary/aromatic N) is 1. The van der Waals surface area contributed by atoms with Crippen LogP contribution in [0.15, 0.2) is 66.7 Å². The SMILES string of the molecule is Cc1ccc(C)c(C(=O)c2ccccc2C(=O)NCc2nc3ccccc3[nH]2)c1. The average Bonchev–Trinajstić information content (AvgIpc) is 3.16. The van der Waals surface area contributed by atoms with E-state index < -0.39 is 0 Å². The van der Waals surface area contributed by atoms with Crippen molar-refractivity contribution < 1.29 is 9.59 Å². The number of carbonyl (C=O) groups excluding carboxylic acids is 2. The minimum atomic E-state index is -0.306. The zero-order valence-corrected chi connectivity index (χ0v) is 16.3. The van der Waals surface area contributed by atoms with Crippen LogP contribution in [0.2, 0.25) is 0 Å². The number of hydrogen-bond donors (Lipinski definition) is 2. The standard InChI is InChI=1S/C24H21N3O2/c1-15-11-12-16(2)19(13-15)23(28)17-7-3-4-8-18(17)24(29)25-14-22-26-20-9-5-6-10-21(20)27-22/h3-13H,14H2,1-2H3,(H,25,29)(H,26,27). The van der Waals surface area contributed by atoms with Crippen molar-refractivity contribution in [1.29, 1.82) is 0 Å². The Balaban J connectivity index is 1.58. The summed E-state index contributed by atoms with van der Waals surface area (Å²) in [5.41, 5.74) is 5.02. The Hall–Kier alpha value is -3.73. The summed E-state index contributed by atoms with van der Waals surface area (Å²) in [6.45, 7) is 4.10. The number of imidazole rings is 1. The van der Waals surface area contributed by atoms with E-state index in [9.17, 15) is 9.59 Å². The van der Waals surface area contributed by atoms with Crippen LogP contribution in [0, 0.1) is 13.8 Å². The summed E-state index contributed by atoms with van der Waals surface area (Å²) >= 11 is 0. The highest BCUT2D eigenvalue weighted by molar-refractivity contribution is 6.15. The Labute approximate surface area is 168 Å². The van der Waals surface area contributed by atoms with Crippen LogP contribution in [-0.2, 0) is 6.54 Å². The van der Waals surface area contributed by atoms with Gasteiger partial charge in [0.15, 0.2) is 5.78 Å². The van der Waals surface area contributed by atoms with Gasteiger partial charge in [0.05, 0.1) is 23.1 Å². The molecule has 0 atom stereocenters. The minimum Gasteiger partial charge on any atom is -0.345 e. The Kier molecular flexibility index (Phi) is 4.96. The predicted octanol–water partition coefficient (Wildman–Crippen LogP) is 4.34. The summed E-state index contributed by atoms with van der Waals surface area (Å²) in [7, 11) is 0. The van der Waals surface area contributed by atoms with Crippen molar-refractivity contribution in [2.75, 3.05) is 0 Å². The van der Waals surface area contributed by atoms with Crippen molar-refractivity contribution in [2.45, 2.75) is 20.4 Å². The van der Waals surface area contributed by atoms with Gasteiger partial charge in [-0.1, -0.05) is 48.0 Å². The van der Waals surface area contributed by atoms with E-state index >= 15 is 0 Å². The van der Waals surface area contributed by atoms with Crippen molar-refractivity contribution in [1.82, 2.24) is 15.3 Å². The van der Waals surface area contributed by atoms with Crippen molar-refractivity contribution in [3.05, 3.63) is 100 Å². The Bertz CT molecular complexity index is 1190. The highest BCUT2D eigenvalue weighted by Crippen LogP contribution is 2.19. The van der Waals surface area contributed by atoms with Gasteiger partial charge < -0.3 is 10.3 Å². The third kappa shape index (κ3) is 3.80. The molecule has 0 bridgehead atoms. The second-order valence-corrected chi connectivity index (χ2v) is 7.08. The van der Waals surface area contributed by atoms with E-state index in [0.717, 1.165) is 22.2 Å². The number of hydrogen-bond acceptors (Lipinski definition) is 3. The fourth-order valence-electron chi connectivity index (χ4n) is 3.35. The molecule has 144 valence electrons. The van der Waals surface area contributed by atoms with E-state index in [1.807, 2.05) is 56.3 Å². The summed E-state index contributed by atoms with van der Waals surface area (Å²) in [5, 5.41) is 2.86. The molecule has 0 aliphatic carbocycles. The first-order valence-electron chi connectivity index (χ1n) is 9.46. The molecule has 0 spiro atoms.